The standard InChI is InChI=1S/C48H29N4O/c1-3-13-29(14-4-1)44-47-45(38-19-9-12-22-42(38)53-47)50-48(49-44)52-40-21-11-8-18-37(40)43-34-24-26-35-32(31(34)27-28-41(43)52)23-25-36-33-17-7-10-20-39(33)51(46(35)36)30-15-5-2-6-16-30/h1-28,44H/q-1. The van der Waals surface area contributed by atoms with Crippen LogP contribution in [0.5, 0.6) is 0 Å². The molecule has 12 rings (SSSR count). The zero-order chi connectivity index (χ0) is 34.6. The largest absolute Gasteiger partial charge is 0.459 e. The fraction of sp³-hybridized carbons (Fsp3) is 0.0208. The average Bonchev–Trinajstić information content (AvgIpc) is 3.89. The third-order valence-electron chi connectivity index (χ3n) is 11.1. The maximum absolute atomic E-state index is 6.47. The maximum Gasteiger partial charge on any atom is 0.135 e. The number of furan rings is 1. The SMILES string of the molecule is c1ccc(C2[N-]C(n3c4ccccc4c4c5ccc6c(ccc7c8ccccc8n(-c8ccccc8)c67)c5ccc43)=Nc3c2oc2ccccc32)cc1. The van der Waals surface area contributed by atoms with Crippen molar-refractivity contribution in [1.29, 1.82) is 0 Å². The van der Waals surface area contributed by atoms with E-state index in [4.69, 9.17) is 14.7 Å². The molecule has 1 unspecified atom stereocenters. The van der Waals surface area contributed by atoms with Crippen LogP contribution in [0, 0.1) is 0 Å². The normalized spacial score (nSPS) is 14.5. The van der Waals surface area contributed by atoms with Crippen LogP contribution in [0.25, 0.3) is 87.1 Å². The lowest BCUT2D eigenvalue weighted by Crippen LogP contribution is -2.17. The van der Waals surface area contributed by atoms with Gasteiger partial charge in [0.2, 0.25) is 0 Å². The highest BCUT2D eigenvalue weighted by Gasteiger charge is 2.26. The highest BCUT2D eigenvalue weighted by atomic mass is 16.3. The van der Waals surface area contributed by atoms with E-state index in [2.05, 4.69) is 155 Å². The van der Waals surface area contributed by atoms with Gasteiger partial charge < -0.3 is 23.9 Å². The number of nitrogens with zero attached hydrogens (tertiary/aromatic N) is 4. The van der Waals surface area contributed by atoms with Crippen molar-refractivity contribution in [3.05, 3.63) is 186 Å². The minimum Gasteiger partial charge on any atom is -0.459 e. The fourth-order valence-electron chi connectivity index (χ4n) is 8.83. The van der Waals surface area contributed by atoms with Crippen LogP contribution < -0.4 is 0 Å². The molecule has 4 heterocycles. The molecule has 0 fully saturated rings. The first-order valence-corrected chi connectivity index (χ1v) is 18.0. The van der Waals surface area contributed by atoms with E-state index in [1.165, 1.54) is 54.1 Å². The number of rotatable bonds is 2. The molecule has 53 heavy (non-hydrogen) atoms. The highest BCUT2D eigenvalue weighted by Crippen LogP contribution is 2.48. The highest BCUT2D eigenvalue weighted by molar-refractivity contribution is 6.30. The fourth-order valence-corrected chi connectivity index (χ4v) is 8.83. The first-order chi connectivity index (χ1) is 26.3. The Kier molecular flexibility index (Phi) is 5.77. The van der Waals surface area contributed by atoms with E-state index in [1.54, 1.807) is 0 Å². The molecule has 5 heteroatoms. The van der Waals surface area contributed by atoms with Crippen molar-refractivity contribution in [2.75, 3.05) is 0 Å². The molecule has 0 bridgehead atoms. The monoisotopic (exact) mass is 677 g/mol. The predicted octanol–water partition coefficient (Wildman–Crippen LogP) is 13.0. The van der Waals surface area contributed by atoms with E-state index >= 15 is 0 Å². The number of hydrogen-bond donors (Lipinski definition) is 0. The lowest BCUT2D eigenvalue weighted by atomic mass is 9.96. The molecular formula is C48H29N4O-. The van der Waals surface area contributed by atoms with Crippen LogP contribution in [0.3, 0.4) is 0 Å². The van der Waals surface area contributed by atoms with Crippen molar-refractivity contribution in [2.24, 2.45) is 4.99 Å². The summed E-state index contributed by atoms with van der Waals surface area (Å²) in [5.74, 6) is 1.43. The second-order valence-electron chi connectivity index (χ2n) is 13.9. The third kappa shape index (κ3) is 3.93. The molecule has 0 saturated heterocycles. The average molecular weight is 678 g/mol. The van der Waals surface area contributed by atoms with Crippen LogP contribution in [0.1, 0.15) is 17.4 Å². The second kappa shape index (κ2) is 10.7. The molecule has 1 aliphatic rings. The maximum atomic E-state index is 6.47. The van der Waals surface area contributed by atoms with Gasteiger partial charge in [0, 0.05) is 44.3 Å². The van der Waals surface area contributed by atoms with Crippen molar-refractivity contribution >= 4 is 87.8 Å². The van der Waals surface area contributed by atoms with E-state index in [0.29, 0.717) is 5.96 Å². The lowest BCUT2D eigenvalue weighted by Gasteiger charge is -2.32. The van der Waals surface area contributed by atoms with E-state index in [-0.39, 0.29) is 6.04 Å². The quantitative estimate of drug-likeness (QED) is 0.168. The number of aromatic nitrogens is 2. The van der Waals surface area contributed by atoms with Crippen molar-refractivity contribution in [3.63, 3.8) is 0 Å². The van der Waals surface area contributed by atoms with Gasteiger partial charge in [0.1, 0.15) is 11.3 Å². The van der Waals surface area contributed by atoms with Crippen molar-refractivity contribution in [1.82, 2.24) is 9.13 Å². The molecule has 11 aromatic rings. The Morgan fingerprint density at radius 3 is 1.85 bits per heavy atom. The van der Waals surface area contributed by atoms with Crippen LogP contribution >= 0.6 is 0 Å². The summed E-state index contributed by atoms with van der Waals surface area (Å²) in [5.41, 5.74) is 8.46. The molecule has 1 atom stereocenters. The van der Waals surface area contributed by atoms with Gasteiger partial charge in [0.25, 0.3) is 0 Å². The summed E-state index contributed by atoms with van der Waals surface area (Å²) in [5, 5.41) is 16.1. The smallest absolute Gasteiger partial charge is 0.135 e. The number of hydrogen-bond acceptors (Lipinski definition) is 2. The molecule has 0 radical (unpaired) electrons. The topological polar surface area (TPSA) is 49.5 Å². The summed E-state index contributed by atoms with van der Waals surface area (Å²) in [6.07, 6.45) is 0. The third-order valence-corrected chi connectivity index (χ3v) is 11.1. The Morgan fingerprint density at radius 2 is 1.04 bits per heavy atom. The molecule has 248 valence electrons. The summed E-state index contributed by atoms with van der Waals surface area (Å²) in [6.45, 7) is 0. The molecule has 1 aliphatic heterocycles. The zero-order valence-electron chi connectivity index (χ0n) is 28.4. The minimum absolute atomic E-state index is 0.328. The van der Waals surface area contributed by atoms with Gasteiger partial charge in [-0.3, -0.25) is 0 Å². The van der Waals surface area contributed by atoms with Gasteiger partial charge in [-0.2, -0.15) is 0 Å². The van der Waals surface area contributed by atoms with Crippen molar-refractivity contribution < 1.29 is 4.42 Å². The van der Waals surface area contributed by atoms with Crippen LogP contribution in [0.2, 0.25) is 0 Å². The Hall–Kier alpha value is -7.11. The van der Waals surface area contributed by atoms with Gasteiger partial charge in [0.15, 0.2) is 0 Å². The summed E-state index contributed by atoms with van der Waals surface area (Å²) in [6, 6.07) is 60.1. The van der Waals surface area contributed by atoms with Gasteiger partial charge in [-0.1, -0.05) is 146 Å². The lowest BCUT2D eigenvalue weighted by molar-refractivity contribution is 0.541. The molecule has 0 amide bonds. The van der Waals surface area contributed by atoms with Crippen molar-refractivity contribution in [3.8, 4) is 5.69 Å². The molecule has 0 saturated carbocycles. The number of para-hydroxylation sites is 4. The van der Waals surface area contributed by atoms with E-state index in [1.807, 2.05) is 24.3 Å². The van der Waals surface area contributed by atoms with Crippen LogP contribution in [0.15, 0.2) is 179 Å². The number of benzene rings is 8. The zero-order valence-corrected chi connectivity index (χ0v) is 28.4. The van der Waals surface area contributed by atoms with Gasteiger partial charge >= 0.3 is 0 Å². The Morgan fingerprint density at radius 1 is 0.453 bits per heavy atom. The van der Waals surface area contributed by atoms with Crippen molar-refractivity contribution in [2.45, 2.75) is 6.04 Å². The molecular weight excluding hydrogens is 649 g/mol. The molecule has 0 N–H and O–H groups in total. The first-order valence-electron chi connectivity index (χ1n) is 18.0. The predicted molar refractivity (Wildman–Crippen MR) is 219 cm³/mol. The van der Waals surface area contributed by atoms with Gasteiger partial charge in [-0.15, -0.1) is 0 Å². The number of fused-ring (bicyclic) bond motifs is 14. The Balaban J connectivity index is 1.14. The Labute approximate surface area is 303 Å². The summed E-state index contributed by atoms with van der Waals surface area (Å²) >= 11 is 0. The first kappa shape index (κ1) is 28.6. The van der Waals surface area contributed by atoms with Crippen LogP contribution in [-0.4, -0.2) is 15.1 Å². The number of aliphatic imine (C=N–C) groups is 1. The van der Waals surface area contributed by atoms with E-state index < -0.39 is 0 Å². The van der Waals surface area contributed by atoms with E-state index in [9.17, 15) is 0 Å². The molecule has 3 aromatic heterocycles. The molecule has 8 aromatic carbocycles. The van der Waals surface area contributed by atoms with Crippen LogP contribution in [-0.2, 0) is 0 Å². The van der Waals surface area contributed by atoms with E-state index in [0.717, 1.165) is 44.7 Å². The molecule has 0 spiro atoms. The van der Waals surface area contributed by atoms with Gasteiger partial charge in [-0.05, 0) is 62.4 Å². The molecule has 5 nitrogen and oxygen atoms in total. The summed E-state index contributed by atoms with van der Waals surface area (Å²) in [4.78, 5) is 5.29. The second-order valence-corrected chi connectivity index (χ2v) is 13.9. The van der Waals surface area contributed by atoms with Crippen LogP contribution in [0.4, 0.5) is 5.69 Å². The van der Waals surface area contributed by atoms with Gasteiger partial charge in [-0.25, -0.2) is 0 Å². The molecule has 0 aliphatic carbocycles. The van der Waals surface area contributed by atoms with Gasteiger partial charge in [0.05, 0.1) is 17.1 Å². The summed E-state index contributed by atoms with van der Waals surface area (Å²) < 4.78 is 11.1. The Bertz CT molecular complexity index is 3310. The minimum atomic E-state index is -0.328. The summed E-state index contributed by atoms with van der Waals surface area (Å²) in [7, 11) is 0.